The van der Waals surface area contributed by atoms with Gasteiger partial charge in [-0.2, -0.15) is 0 Å². The van der Waals surface area contributed by atoms with Crippen molar-refractivity contribution in [2.45, 2.75) is 87.1 Å². The number of fused-ring (bicyclic) bond motifs is 5. The summed E-state index contributed by atoms with van der Waals surface area (Å²) in [5.41, 5.74) is 2.84. The van der Waals surface area contributed by atoms with Gasteiger partial charge in [0.05, 0.1) is 12.2 Å². The maximum atomic E-state index is 12.7. The molecule has 0 heterocycles. The first-order chi connectivity index (χ1) is 12.5. The van der Waals surface area contributed by atoms with Crippen LogP contribution in [0.15, 0.2) is 23.0 Å². The summed E-state index contributed by atoms with van der Waals surface area (Å²) in [6.07, 6.45) is 2.74. The highest BCUT2D eigenvalue weighted by molar-refractivity contribution is 6.70. The summed E-state index contributed by atoms with van der Waals surface area (Å²) in [4.78, 5) is 12.7. The largest absolute Gasteiger partial charge is 0.547 e. The van der Waals surface area contributed by atoms with Crippen molar-refractivity contribution in [2.75, 3.05) is 0 Å². The Morgan fingerprint density at radius 2 is 1.64 bits per heavy atom. The number of ether oxygens (including phenoxy) is 1. The molecule has 3 nitrogen and oxygen atoms in total. The van der Waals surface area contributed by atoms with E-state index in [0.29, 0.717) is 24.2 Å². The predicted molar refractivity (Wildman–Crippen MR) is 117 cm³/mol. The normalized spacial score (nSPS) is 39.9. The molecule has 0 N–H and O–H groups in total. The van der Waals surface area contributed by atoms with E-state index in [9.17, 15) is 4.79 Å². The topological polar surface area (TPSA) is 35.5 Å². The molecule has 0 radical (unpaired) electrons. The van der Waals surface area contributed by atoms with E-state index < -0.39 is 13.9 Å². The molecule has 3 aliphatic carbocycles. The van der Waals surface area contributed by atoms with Crippen LogP contribution >= 0.6 is 0 Å². The third kappa shape index (κ3) is 3.02. The summed E-state index contributed by atoms with van der Waals surface area (Å²) in [6.45, 7) is 24.5. The summed E-state index contributed by atoms with van der Waals surface area (Å²) in [6, 6.07) is 0. The van der Waals surface area contributed by atoms with Crippen LogP contribution in [0.3, 0.4) is 0 Å². The molecule has 28 heavy (non-hydrogen) atoms. The maximum Gasteiger partial charge on any atom is 0.306 e. The van der Waals surface area contributed by atoms with Gasteiger partial charge in [-0.05, 0) is 83.5 Å². The molecule has 0 unspecified atom stereocenters. The Balaban J connectivity index is 2.02. The number of hydrogen-bond acceptors (Lipinski definition) is 3. The molecular formula is C24H40O3Si. The zero-order valence-corrected chi connectivity index (χ0v) is 20.8. The molecule has 0 aromatic carbocycles. The fourth-order valence-corrected chi connectivity index (χ4v) is 7.54. The van der Waals surface area contributed by atoms with Crippen molar-refractivity contribution < 1.29 is 14.0 Å². The first kappa shape index (κ1) is 21.7. The summed E-state index contributed by atoms with van der Waals surface area (Å²) < 4.78 is 12.3. The molecule has 1 fully saturated rings. The Hall–Kier alpha value is -1.03. The van der Waals surface area contributed by atoms with E-state index in [1.165, 1.54) is 11.1 Å². The number of rotatable bonds is 4. The molecule has 0 aromatic rings. The highest BCUT2D eigenvalue weighted by Gasteiger charge is 2.71. The number of allylic oxidation sites excluding steroid dienone is 4. The van der Waals surface area contributed by atoms with E-state index in [2.05, 4.69) is 60.3 Å². The van der Waals surface area contributed by atoms with Gasteiger partial charge < -0.3 is 9.16 Å². The van der Waals surface area contributed by atoms with Crippen LogP contribution < -0.4 is 0 Å². The molecule has 2 bridgehead atoms. The smallest absolute Gasteiger partial charge is 0.306 e. The number of hydrogen-bond donors (Lipinski definition) is 0. The molecule has 158 valence electrons. The molecule has 0 amide bonds. The maximum absolute atomic E-state index is 12.7. The molecule has 1 saturated carbocycles. The lowest BCUT2D eigenvalue weighted by atomic mass is 9.63. The van der Waals surface area contributed by atoms with Crippen molar-refractivity contribution in [2.24, 2.45) is 34.5 Å². The number of carbonyl (C=O) groups is 1. The lowest BCUT2D eigenvalue weighted by molar-refractivity contribution is -0.156. The lowest BCUT2D eigenvalue weighted by Crippen LogP contribution is -2.38. The second-order valence-electron chi connectivity index (χ2n) is 11.8. The summed E-state index contributed by atoms with van der Waals surface area (Å²) in [5, 5.41) is 0. The second kappa shape index (κ2) is 6.23. The Morgan fingerprint density at radius 1 is 1.11 bits per heavy atom. The Kier molecular flexibility index (Phi) is 4.82. The second-order valence-corrected chi connectivity index (χ2v) is 16.2. The van der Waals surface area contributed by atoms with Crippen molar-refractivity contribution in [3.63, 3.8) is 0 Å². The molecule has 0 spiro atoms. The minimum atomic E-state index is -1.74. The van der Waals surface area contributed by atoms with Gasteiger partial charge in [0, 0.05) is 11.3 Å². The quantitative estimate of drug-likeness (QED) is 0.312. The fraction of sp³-hybridized carbons (Fsp3) is 0.792. The molecule has 4 heteroatoms. The van der Waals surface area contributed by atoms with Gasteiger partial charge in [-0.15, -0.1) is 0 Å². The van der Waals surface area contributed by atoms with Crippen LogP contribution in [0.5, 0.6) is 0 Å². The molecular weight excluding hydrogens is 364 g/mol. The van der Waals surface area contributed by atoms with E-state index in [-0.39, 0.29) is 22.7 Å². The minimum Gasteiger partial charge on any atom is -0.547 e. The van der Waals surface area contributed by atoms with Gasteiger partial charge in [-0.1, -0.05) is 31.9 Å². The average Bonchev–Trinajstić information content (AvgIpc) is 2.96. The first-order valence-corrected chi connectivity index (χ1v) is 14.3. The fourth-order valence-electron chi connectivity index (χ4n) is 6.64. The number of carbonyl (C=O) groups excluding carboxylic acids is 1. The van der Waals surface area contributed by atoms with Gasteiger partial charge in [0.25, 0.3) is 0 Å². The van der Waals surface area contributed by atoms with Gasteiger partial charge in [0.2, 0.25) is 8.32 Å². The monoisotopic (exact) mass is 404 g/mol. The van der Waals surface area contributed by atoms with Crippen molar-refractivity contribution in [1.82, 2.24) is 0 Å². The standard InChI is InChI=1S/C24H40O3Si/c1-14-15(2)24(8)16(3)23(14,7)20-17(13-19(25)26-22(4,5)6)12-18(21(20)24)27-28(9,10)11/h12,16-17,20-21H,13H2,1-11H3/t16-,17-,20-,21+,23-,24-/m0/s1. The highest BCUT2D eigenvalue weighted by atomic mass is 28.4. The lowest BCUT2D eigenvalue weighted by Gasteiger charge is -2.42. The average molecular weight is 405 g/mol. The van der Waals surface area contributed by atoms with Crippen molar-refractivity contribution in [3.05, 3.63) is 23.0 Å². The van der Waals surface area contributed by atoms with Crippen LogP contribution in [0.2, 0.25) is 19.6 Å². The van der Waals surface area contributed by atoms with E-state index in [1.54, 1.807) is 0 Å². The first-order valence-electron chi connectivity index (χ1n) is 10.8. The molecule has 0 saturated heterocycles. The third-order valence-electron chi connectivity index (χ3n) is 8.07. The Morgan fingerprint density at radius 3 is 2.14 bits per heavy atom. The van der Waals surface area contributed by atoms with E-state index in [1.807, 2.05) is 20.8 Å². The van der Waals surface area contributed by atoms with E-state index in [4.69, 9.17) is 9.16 Å². The third-order valence-corrected chi connectivity index (χ3v) is 8.92. The van der Waals surface area contributed by atoms with Gasteiger partial charge in [-0.3, -0.25) is 4.79 Å². The molecule has 3 aliphatic rings. The van der Waals surface area contributed by atoms with Crippen LogP contribution in [0.1, 0.15) is 61.8 Å². The van der Waals surface area contributed by atoms with Crippen molar-refractivity contribution in [1.29, 1.82) is 0 Å². The van der Waals surface area contributed by atoms with Gasteiger partial charge in [0.15, 0.2) is 0 Å². The molecule has 0 aromatic heterocycles. The molecule has 0 aliphatic heterocycles. The summed E-state index contributed by atoms with van der Waals surface area (Å²) >= 11 is 0. The summed E-state index contributed by atoms with van der Waals surface area (Å²) in [7, 11) is -1.74. The van der Waals surface area contributed by atoms with E-state index in [0.717, 1.165) is 5.76 Å². The van der Waals surface area contributed by atoms with Crippen LogP contribution in [0.4, 0.5) is 0 Å². The zero-order valence-electron chi connectivity index (χ0n) is 19.8. The van der Waals surface area contributed by atoms with Crippen LogP contribution in [-0.2, 0) is 14.0 Å². The van der Waals surface area contributed by atoms with Crippen molar-refractivity contribution >= 4 is 14.3 Å². The zero-order chi connectivity index (χ0) is 21.4. The Bertz CT molecular complexity index is 751. The van der Waals surface area contributed by atoms with E-state index >= 15 is 0 Å². The SMILES string of the molecule is CC1=C(C)[C@]2(C)[C@@H]3[C@@H](C(O[Si](C)(C)C)=C[C@H]3CC(=O)OC(C)(C)C)[C@]1(C)[C@H]2C. The van der Waals surface area contributed by atoms with Gasteiger partial charge in [-0.25, -0.2) is 0 Å². The minimum absolute atomic E-state index is 0.0933. The summed E-state index contributed by atoms with van der Waals surface area (Å²) in [5.74, 6) is 2.57. The van der Waals surface area contributed by atoms with Crippen LogP contribution in [-0.4, -0.2) is 19.9 Å². The van der Waals surface area contributed by atoms with Crippen LogP contribution in [0.25, 0.3) is 0 Å². The van der Waals surface area contributed by atoms with Gasteiger partial charge >= 0.3 is 5.97 Å². The molecule has 3 rings (SSSR count). The van der Waals surface area contributed by atoms with Crippen molar-refractivity contribution in [3.8, 4) is 0 Å². The van der Waals surface area contributed by atoms with Crippen LogP contribution in [0, 0.1) is 34.5 Å². The predicted octanol–water partition coefficient (Wildman–Crippen LogP) is 6.33. The number of esters is 1. The Labute approximate surface area is 173 Å². The molecule has 6 atom stereocenters. The van der Waals surface area contributed by atoms with Gasteiger partial charge in [0.1, 0.15) is 5.60 Å². The highest BCUT2D eigenvalue weighted by Crippen LogP contribution is 2.77.